The summed E-state index contributed by atoms with van der Waals surface area (Å²) in [5.41, 5.74) is 0.645. The van der Waals surface area contributed by atoms with Gasteiger partial charge < -0.3 is 0 Å². The highest BCUT2D eigenvalue weighted by molar-refractivity contribution is 7.92. The van der Waals surface area contributed by atoms with Crippen LogP contribution in [0.25, 0.3) is 0 Å². The third-order valence-corrected chi connectivity index (χ3v) is 5.93. The Balaban J connectivity index is 2.05. The molecule has 1 heterocycles. The minimum absolute atomic E-state index is 0.108. The number of carbonyl (C=O) groups excluding carboxylic acids is 1. The first-order valence-corrected chi connectivity index (χ1v) is 8.95. The van der Waals surface area contributed by atoms with Gasteiger partial charge in [0.05, 0.1) is 0 Å². The van der Waals surface area contributed by atoms with E-state index in [2.05, 4.69) is 4.72 Å². The molecule has 118 valence electrons. The molecule has 1 aromatic heterocycles. The number of carbonyl (C=O) groups is 1. The molecule has 1 N–H and O–H groups in total. The molecule has 1 aromatic carbocycles. The van der Waals surface area contributed by atoms with E-state index in [0.29, 0.717) is 5.56 Å². The summed E-state index contributed by atoms with van der Waals surface area (Å²) in [5.74, 6) is -1.57. The van der Waals surface area contributed by atoms with Gasteiger partial charge in [-0.25, -0.2) is 17.5 Å². The SMILES string of the molecule is Cc1ccc(S(=O)(=O)NC(=O)C(C)Cc2cccc(F)c2)s1. The third kappa shape index (κ3) is 4.14. The quantitative estimate of drug-likeness (QED) is 0.909. The number of benzene rings is 1. The van der Waals surface area contributed by atoms with Crippen LogP contribution in [0.3, 0.4) is 0 Å². The van der Waals surface area contributed by atoms with Crippen LogP contribution < -0.4 is 4.72 Å². The van der Waals surface area contributed by atoms with Crippen molar-refractivity contribution in [3.63, 3.8) is 0 Å². The number of aryl methyl sites for hydroxylation is 1. The molecule has 1 unspecified atom stereocenters. The maximum Gasteiger partial charge on any atom is 0.273 e. The number of nitrogens with one attached hydrogen (secondary N) is 1. The Bertz CT molecular complexity index is 784. The Morgan fingerprint density at radius 1 is 1.32 bits per heavy atom. The highest BCUT2D eigenvalue weighted by Gasteiger charge is 2.23. The van der Waals surface area contributed by atoms with Crippen molar-refractivity contribution in [3.05, 3.63) is 52.7 Å². The van der Waals surface area contributed by atoms with Crippen molar-refractivity contribution in [2.24, 2.45) is 5.92 Å². The van der Waals surface area contributed by atoms with E-state index in [9.17, 15) is 17.6 Å². The van der Waals surface area contributed by atoms with Crippen LogP contribution >= 0.6 is 11.3 Å². The number of amides is 1. The lowest BCUT2D eigenvalue weighted by Gasteiger charge is -2.12. The van der Waals surface area contributed by atoms with Crippen molar-refractivity contribution in [2.45, 2.75) is 24.5 Å². The van der Waals surface area contributed by atoms with E-state index in [1.165, 1.54) is 18.2 Å². The van der Waals surface area contributed by atoms with Crippen molar-refractivity contribution in [1.29, 1.82) is 0 Å². The van der Waals surface area contributed by atoms with Gasteiger partial charge in [-0.05, 0) is 43.2 Å². The Morgan fingerprint density at radius 2 is 2.05 bits per heavy atom. The van der Waals surface area contributed by atoms with Crippen LogP contribution in [0.2, 0.25) is 0 Å². The summed E-state index contributed by atoms with van der Waals surface area (Å²) in [6, 6.07) is 9.05. The molecule has 0 bridgehead atoms. The van der Waals surface area contributed by atoms with Crippen LogP contribution in [0.1, 0.15) is 17.4 Å². The Kier molecular flexibility index (Phi) is 4.97. The second kappa shape index (κ2) is 6.58. The van der Waals surface area contributed by atoms with E-state index in [-0.39, 0.29) is 16.4 Å². The van der Waals surface area contributed by atoms with E-state index in [1.54, 1.807) is 32.0 Å². The average Bonchev–Trinajstić information content (AvgIpc) is 2.86. The largest absolute Gasteiger partial charge is 0.274 e. The van der Waals surface area contributed by atoms with Gasteiger partial charge in [0, 0.05) is 10.8 Å². The zero-order valence-corrected chi connectivity index (χ0v) is 13.8. The first kappa shape index (κ1) is 16.6. The van der Waals surface area contributed by atoms with Crippen molar-refractivity contribution >= 4 is 27.3 Å². The number of rotatable bonds is 5. The molecule has 0 aliphatic rings. The van der Waals surface area contributed by atoms with Gasteiger partial charge in [0.1, 0.15) is 10.0 Å². The second-order valence-electron chi connectivity index (χ2n) is 5.07. The molecule has 0 aliphatic heterocycles. The van der Waals surface area contributed by atoms with E-state index in [4.69, 9.17) is 0 Å². The Labute approximate surface area is 133 Å². The molecule has 0 saturated heterocycles. The van der Waals surface area contributed by atoms with Gasteiger partial charge in [0.25, 0.3) is 10.0 Å². The molecule has 2 rings (SSSR count). The highest BCUT2D eigenvalue weighted by atomic mass is 32.2. The van der Waals surface area contributed by atoms with Crippen molar-refractivity contribution in [2.75, 3.05) is 0 Å². The molecule has 0 spiro atoms. The number of hydrogen-bond acceptors (Lipinski definition) is 4. The molecule has 0 saturated carbocycles. The predicted molar refractivity (Wildman–Crippen MR) is 83.7 cm³/mol. The van der Waals surface area contributed by atoms with Gasteiger partial charge in [0.2, 0.25) is 5.91 Å². The number of thiophene rings is 1. The van der Waals surface area contributed by atoms with Crippen LogP contribution in [-0.4, -0.2) is 14.3 Å². The van der Waals surface area contributed by atoms with Crippen LogP contribution in [0.15, 0.2) is 40.6 Å². The standard InChI is InChI=1S/C15H16FNO3S2/c1-10(8-12-4-3-5-13(16)9-12)15(18)17-22(19,20)14-7-6-11(2)21-14/h3-7,9-10H,8H2,1-2H3,(H,17,18). The average molecular weight is 341 g/mol. The monoisotopic (exact) mass is 341 g/mol. The molecule has 0 fully saturated rings. The molecule has 1 atom stereocenters. The lowest BCUT2D eigenvalue weighted by molar-refractivity contribution is -0.122. The fourth-order valence-electron chi connectivity index (χ4n) is 1.95. The normalized spacial score (nSPS) is 12.9. The maximum atomic E-state index is 13.1. The molecule has 7 heteroatoms. The topological polar surface area (TPSA) is 63.2 Å². The summed E-state index contributed by atoms with van der Waals surface area (Å²) in [6.07, 6.45) is 0.266. The van der Waals surface area contributed by atoms with Crippen molar-refractivity contribution < 1.29 is 17.6 Å². The summed E-state index contributed by atoms with van der Waals surface area (Å²) in [4.78, 5) is 12.9. The van der Waals surface area contributed by atoms with Crippen LogP contribution in [-0.2, 0) is 21.2 Å². The summed E-state index contributed by atoms with van der Waals surface area (Å²) in [5, 5.41) is 0. The van der Waals surface area contributed by atoms with E-state index in [0.717, 1.165) is 16.2 Å². The highest BCUT2D eigenvalue weighted by Crippen LogP contribution is 2.21. The fraction of sp³-hybridized carbons (Fsp3) is 0.267. The third-order valence-electron chi connectivity index (χ3n) is 3.09. The molecule has 0 radical (unpaired) electrons. The van der Waals surface area contributed by atoms with Gasteiger partial charge in [-0.15, -0.1) is 11.3 Å². The zero-order valence-electron chi connectivity index (χ0n) is 12.2. The molecule has 22 heavy (non-hydrogen) atoms. The molecule has 1 amide bonds. The minimum Gasteiger partial charge on any atom is -0.274 e. The Morgan fingerprint density at radius 3 is 2.64 bits per heavy atom. The first-order chi connectivity index (χ1) is 10.3. The van der Waals surface area contributed by atoms with Crippen LogP contribution in [0.4, 0.5) is 4.39 Å². The predicted octanol–water partition coefficient (Wildman–Crippen LogP) is 2.88. The van der Waals surface area contributed by atoms with E-state index in [1.807, 2.05) is 0 Å². The summed E-state index contributed by atoms with van der Waals surface area (Å²) < 4.78 is 39.5. The van der Waals surface area contributed by atoms with Gasteiger partial charge >= 0.3 is 0 Å². The van der Waals surface area contributed by atoms with E-state index >= 15 is 0 Å². The molecular weight excluding hydrogens is 325 g/mol. The van der Waals surface area contributed by atoms with E-state index < -0.39 is 21.8 Å². The molecular formula is C15H16FNO3S2. The van der Waals surface area contributed by atoms with Crippen molar-refractivity contribution in [3.8, 4) is 0 Å². The van der Waals surface area contributed by atoms with Crippen LogP contribution in [0, 0.1) is 18.7 Å². The number of halogens is 1. The fourth-order valence-corrected chi connectivity index (χ4v) is 4.31. The number of hydrogen-bond donors (Lipinski definition) is 1. The first-order valence-electron chi connectivity index (χ1n) is 6.65. The molecule has 2 aromatic rings. The summed E-state index contributed by atoms with van der Waals surface area (Å²) in [6.45, 7) is 3.40. The lowest BCUT2D eigenvalue weighted by Crippen LogP contribution is -2.35. The lowest BCUT2D eigenvalue weighted by atomic mass is 10.0. The summed E-state index contributed by atoms with van der Waals surface area (Å²) in [7, 11) is -3.84. The minimum atomic E-state index is -3.84. The second-order valence-corrected chi connectivity index (χ2v) is 8.27. The van der Waals surface area contributed by atoms with Gasteiger partial charge in [-0.2, -0.15) is 0 Å². The van der Waals surface area contributed by atoms with Gasteiger partial charge in [-0.3, -0.25) is 4.79 Å². The zero-order chi connectivity index (χ0) is 16.3. The smallest absolute Gasteiger partial charge is 0.273 e. The van der Waals surface area contributed by atoms with Gasteiger partial charge in [-0.1, -0.05) is 19.1 Å². The number of sulfonamides is 1. The van der Waals surface area contributed by atoms with Crippen molar-refractivity contribution in [1.82, 2.24) is 4.72 Å². The molecule has 4 nitrogen and oxygen atoms in total. The van der Waals surface area contributed by atoms with Crippen LogP contribution in [0.5, 0.6) is 0 Å². The molecule has 0 aliphatic carbocycles. The maximum absolute atomic E-state index is 13.1. The Hall–Kier alpha value is -1.73. The van der Waals surface area contributed by atoms with Gasteiger partial charge in [0.15, 0.2) is 0 Å². The summed E-state index contributed by atoms with van der Waals surface area (Å²) >= 11 is 1.10.